The first-order valence-electron chi connectivity index (χ1n) is 19.3. The van der Waals surface area contributed by atoms with Gasteiger partial charge in [-0.2, -0.15) is 0 Å². The molecule has 1 aliphatic carbocycles. The summed E-state index contributed by atoms with van der Waals surface area (Å²) in [6.45, 7) is 22.4. The van der Waals surface area contributed by atoms with Crippen LogP contribution < -0.4 is 0 Å². The zero-order chi connectivity index (χ0) is 37.2. The van der Waals surface area contributed by atoms with Crippen molar-refractivity contribution in [3.63, 3.8) is 0 Å². The highest BCUT2D eigenvalue weighted by molar-refractivity contribution is 6.07. The lowest BCUT2D eigenvalue weighted by atomic mass is 9.79. The van der Waals surface area contributed by atoms with E-state index in [9.17, 15) is 0 Å². The van der Waals surface area contributed by atoms with Gasteiger partial charge in [0.25, 0.3) is 0 Å². The number of fused-ring (bicyclic) bond motifs is 3. The fourth-order valence-corrected chi connectivity index (χ4v) is 7.53. The summed E-state index contributed by atoms with van der Waals surface area (Å²) in [5.41, 5.74) is 12.7. The lowest BCUT2D eigenvalue weighted by Crippen LogP contribution is -2.15. The van der Waals surface area contributed by atoms with Gasteiger partial charge in [-0.3, -0.25) is 0 Å². The highest BCUT2D eigenvalue weighted by Crippen LogP contribution is 2.38. The van der Waals surface area contributed by atoms with Crippen molar-refractivity contribution in [2.45, 2.75) is 98.3 Å². The van der Waals surface area contributed by atoms with Crippen LogP contribution in [-0.2, 0) is 10.8 Å². The van der Waals surface area contributed by atoms with Gasteiger partial charge in [-0.15, -0.1) is 0 Å². The van der Waals surface area contributed by atoms with Gasteiger partial charge in [0.2, 0.25) is 0 Å². The van der Waals surface area contributed by atoms with E-state index in [0.29, 0.717) is 11.8 Å². The van der Waals surface area contributed by atoms with Crippen molar-refractivity contribution in [3.8, 4) is 0 Å². The minimum Gasteiger partial charge on any atom is -0.0805 e. The van der Waals surface area contributed by atoms with Gasteiger partial charge < -0.3 is 0 Å². The van der Waals surface area contributed by atoms with Gasteiger partial charge in [-0.1, -0.05) is 205 Å². The average molecular weight is 683 g/mol. The van der Waals surface area contributed by atoms with E-state index in [2.05, 4.69) is 209 Å². The molecule has 0 radical (unpaired) electrons. The third-order valence-electron chi connectivity index (χ3n) is 11.5. The maximum atomic E-state index is 2.42. The molecule has 0 saturated carbocycles. The van der Waals surface area contributed by atoms with E-state index in [1.807, 2.05) is 0 Å². The highest BCUT2D eigenvalue weighted by Gasteiger charge is 2.22. The molecule has 0 fully saturated rings. The maximum Gasteiger partial charge on any atom is 0.0340 e. The Morgan fingerprint density at radius 2 is 1.06 bits per heavy atom. The van der Waals surface area contributed by atoms with E-state index >= 15 is 0 Å². The fourth-order valence-electron chi connectivity index (χ4n) is 7.53. The molecule has 0 spiro atoms. The fraction of sp³-hybridized carbons (Fsp3) is 0.308. The first kappa shape index (κ1) is 37.1. The summed E-state index contributed by atoms with van der Waals surface area (Å²) in [5.74, 6) is 1.14. The Morgan fingerprint density at radius 1 is 0.558 bits per heavy atom. The molecule has 0 heteroatoms. The molecular weight excluding hydrogens is 625 g/mol. The third-order valence-corrected chi connectivity index (χ3v) is 11.5. The van der Waals surface area contributed by atoms with E-state index in [1.54, 1.807) is 0 Å². The molecule has 6 aromatic rings. The van der Waals surface area contributed by atoms with E-state index in [-0.39, 0.29) is 16.7 Å². The molecule has 3 unspecified atom stereocenters. The molecule has 266 valence electrons. The molecule has 0 aliphatic heterocycles. The molecule has 0 N–H and O–H groups in total. The van der Waals surface area contributed by atoms with E-state index in [1.165, 1.54) is 71.6 Å². The highest BCUT2D eigenvalue weighted by atomic mass is 14.3. The van der Waals surface area contributed by atoms with Crippen LogP contribution >= 0.6 is 0 Å². The lowest BCUT2D eigenvalue weighted by Gasteiger charge is -2.25. The Morgan fingerprint density at radius 3 is 1.63 bits per heavy atom. The van der Waals surface area contributed by atoms with Crippen LogP contribution in [0.5, 0.6) is 0 Å². The van der Waals surface area contributed by atoms with Gasteiger partial charge in [0.1, 0.15) is 0 Å². The van der Waals surface area contributed by atoms with Gasteiger partial charge in [0, 0.05) is 11.8 Å². The molecule has 3 atom stereocenters. The summed E-state index contributed by atoms with van der Waals surface area (Å²) in [6.07, 6.45) is 8.13. The Hall–Kier alpha value is -4.68. The van der Waals surface area contributed by atoms with Gasteiger partial charge in [0.15, 0.2) is 0 Å². The van der Waals surface area contributed by atoms with E-state index < -0.39 is 0 Å². The second-order valence-electron chi connectivity index (χ2n) is 17.0. The number of allylic oxidation sites excluding steroid dienone is 4. The molecule has 1 aliphatic rings. The standard InChI is InChI=1S/C41H42.C11H16/c1-7-41(5,6)36-20-16-31(17-21-36)40(30-12-9-27(2)10-13-30)35-19-23-38-33(26-35)15-14-32-25-34(18-22-37(32)38)39-24-28(3)8-11-29(39)4;1-9-5-7-10(8-6-9)11(2,3)4/h8-26,29,39-40H,7H2,1-6H3;5-8H,1-4H3. The molecule has 0 bridgehead atoms. The average Bonchev–Trinajstić information content (AvgIpc) is 3.13. The molecule has 0 heterocycles. The third kappa shape index (κ3) is 8.18. The summed E-state index contributed by atoms with van der Waals surface area (Å²) in [6, 6.07) is 46.0. The molecule has 0 aromatic heterocycles. The minimum absolute atomic E-state index is 0.183. The van der Waals surface area contributed by atoms with Crippen molar-refractivity contribution in [2.24, 2.45) is 5.92 Å². The topological polar surface area (TPSA) is 0 Å². The Balaban J connectivity index is 0.000000362. The summed E-state index contributed by atoms with van der Waals surface area (Å²) in [4.78, 5) is 0. The number of rotatable bonds is 6. The molecule has 0 amide bonds. The van der Waals surface area contributed by atoms with Crippen LogP contribution in [0.25, 0.3) is 21.5 Å². The van der Waals surface area contributed by atoms with Crippen molar-refractivity contribution in [1.29, 1.82) is 0 Å². The predicted octanol–water partition coefficient (Wildman–Crippen LogP) is 14.7. The van der Waals surface area contributed by atoms with Crippen LogP contribution in [0, 0.1) is 19.8 Å². The summed E-state index contributed by atoms with van der Waals surface area (Å²) in [5, 5.41) is 5.27. The molecular formula is C52H58. The van der Waals surface area contributed by atoms with Crippen molar-refractivity contribution < 1.29 is 0 Å². The lowest BCUT2D eigenvalue weighted by molar-refractivity contribution is 0.506. The zero-order valence-corrected chi connectivity index (χ0v) is 33.2. The van der Waals surface area contributed by atoms with Crippen LogP contribution in [0.3, 0.4) is 0 Å². The molecule has 0 saturated heterocycles. The number of hydrogen-bond acceptors (Lipinski definition) is 0. The van der Waals surface area contributed by atoms with Crippen molar-refractivity contribution in [3.05, 3.63) is 190 Å². The quantitative estimate of drug-likeness (QED) is 0.121. The SMILES string of the molecule is CCC(C)(C)c1ccc(C(c2ccc(C)cc2)c2ccc3c(ccc4cc(C5C=C(C)C=CC5C)ccc43)c2)cc1.Cc1ccc(C(C)(C)C)cc1. The second-order valence-corrected chi connectivity index (χ2v) is 17.0. The molecule has 7 rings (SSSR count). The summed E-state index contributed by atoms with van der Waals surface area (Å²) < 4.78 is 0. The van der Waals surface area contributed by atoms with Gasteiger partial charge in [-0.05, 0) is 98.9 Å². The Labute approximate surface area is 314 Å². The molecule has 0 nitrogen and oxygen atoms in total. The molecule has 52 heavy (non-hydrogen) atoms. The normalized spacial score (nSPS) is 16.7. The maximum absolute atomic E-state index is 2.42. The minimum atomic E-state index is 0.183. The molecule has 6 aromatic carbocycles. The Bertz CT molecular complexity index is 2200. The van der Waals surface area contributed by atoms with E-state index in [4.69, 9.17) is 0 Å². The van der Waals surface area contributed by atoms with Gasteiger partial charge in [-0.25, -0.2) is 0 Å². The predicted molar refractivity (Wildman–Crippen MR) is 228 cm³/mol. The zero-order valence-electron chi connectivity index (χ0n) is 33.2. The van der Waals surface area contributed by atoms with E-state index in [0.717, 1.165) is 6.42 Å². The van der Waals surface area contributed by atoms with Crippen LogP contribution in [0.2, 0.25) is 0 Å². The van der Waals surface area contributed by atoms with Crippen molar-refractivity contribution in [1.82, 2.24) is 0 Å². The number of benzene rings is 6. The first-order valence-corrected chi connectivity index (χ1v) is 19.3. The van der Waals surface area contributed by atoms with Crippen molar-refractivity contribution >= 4 is 21.5 Å². The summed E-state index contributed by atoms with van der Waals surface area (Å²) in [7, 11) is 0. The van der Waals surface area contributed by atoms with Crippen LogP contribution in [0.4, 0.5) is 0 Å². The first-order chi connectivity index (χ1) is 24.7. The number of hydrogen-bond donors (Lipinski definition) is 0. The van der Waals surface area contributed by atoms with Crippen LogP contribution in [0.15, 0.2) is 145 Å². The largest absolute Gasteiger partial charge is 0.0805 e. The van der Waals surface area contributed by atoms with Gasteiger partial charge in [0.05, 0.1) is 0 Å². The smallest absolute Gasteiger partial charge is 0.0340 e. The number of aryl methyl sites for hydroxylation is 2. The van der Waals surface area contributed by atoms with Crippen LogP contribution in [-0.4, -0.2) is 0 Å². The monoisotopic (exact) mass is 682 g/mol. The van der Waals surface area contributed by atoms with Gasteiger partial charge >= 0.3 is 0 Å². The van der Waals surface area contributed by atoms with Crippen molar-refractivity contribution in [2.75, 3.05) is 0 Å². The summed E-state index contributed by atoms with van der Waals surface area (Å²) >= 11 is 0. The van der Waals surface area contributed by atoms with Crippen LogP contribution in [0.1, 0.15) is 118 Å². The Kier molecular flexibility index (Phi) is 10.8. The second kappa shape index (κ2) is 15.1.